The first-order valence-corrected chi connectivity index (χ1v) is 11.3. The van der Waals surface area contributed by atoms with Crippen molar-refractivity contribution in [1.82, 2.24) is 14.8 Å². The van der Waals surface area contributed by atoms with Crippen molar-refractivity contribution < 1.29 is 9.59 Å². The third-order valence-electron chi connectivity index (χ3n) is 5.02. The molecule has 0 radical (unpaired) electrons. The number of amides is 1. The summed E-state index contributed by atoms with van der Waals surface area (Å²) in [5, 5.41) is 9.88. The van der Waals surface area contributed by atoms with Gasteiger partial charge in [0.2, 0.25) is 5.91 Å². The Balaban J connectivity index is 1.50. The predicted octanol–water partition coefficient (Wildman–Crippen LogP) is 4.89. The van der Waals surface area contributed by atoms with Gasteiger partial charge in [-0.05, 0) is 42.8 Å². The first-order valence-electron chi connectivity index (χ1n) is 9.93. The SMILES string of the molecule is C=CCn1c(SCC(=O)c2cccc(N3CCCC3=O)c2)nnc1-c1ccc(Cl)cc1. The minimum Gasteiger partial charge on any atom is -0.312 e. The number of Topliss-reactive ketones (excluding diaryl/α,β-unsaturated/α-hetero) is 1. The predicted molar refractivity (Wildman–Crippen MR) is 124 cm³/mol. The highest BCUT2D eigenvalue weighted by molar-refractivity contribution is 7.99. The fourth-order valence-corrected chi connectivity index (χ4v) is 4.45. The largest absolute Gasteiger partial charge is 0.312 e. The minimum absolute atomic E-state index is 0.0281. The van der Waals surface area contributed by atoms with E-state index in [1.54, 1.807) is 35.2 Å². The van der Waals surface area contributed by atoms with Crippen LogP contribution in [0.4, 0.5) is 5.69 Å². The number of ketones is 1. The van der Waals surface area contributed by atoms with Gasteiger partial charge in [0, 0.05) is 41.3 Å². The van der Waals surface area contributed by atoms with Crippen molar-refractivity contribution in [3.63, 3.8) is 0 Å². The average Bonchev–Trinajstić information content (AvgIpc) is 3.39. The molecule has 0 bridgehead atoms. The van der Waals surface area contributed by atoms with Crippen LogP contribution in [-0.2, 0) is 11.3 Å². The van der Waals surface area contributed by atoms with E-state index >= 15 is 0 Å². The molecule has 0 N–H and O–H groups in total. The lowest BCUT2D eigenvalue weighted by Gasteiger charge is -2.16. The maximum Gasteiger partial charge on any atom is 0.227 e. The molecule has 1 aliphatic rings. The number of halogens is 1. The van der Waals surface area contributed by atoms with Crippen molar-refractivity contribution in [3.8, 4) is 11.4 Å². The van der Waals surface area contributed by atoms with Crippen LogP contribution in [0.2, 0.25) is 5.02 Å². The molecule has 1 aromatic heterocycles. The molecule has 1 fully saturated rings. The molecule has 3 aromatic rings. The molecule has 0 unspecified atom stereocenters. The van der Waals surface area contributed by atoms with Gasteiger partial charge in [-0.1, -0.05) is 41.6 Å². The number of anilines is 1. The summed E-state index contributed by atoms with van der Waals surface area (Å²) in [6, 6.07) is 14.6. The Labute approximate surface area is 189 Å². The third-order valence-corrected chi connectivity index (χ3v) is 6.24. The summed E-state index contributed by atoms with van der Waals surface area (Å²) in [4.78, 5) is 26.6. The zero-order valence-electron chi connectivity index (χ0n) is 16.8. The van der Waals surface area contributed by atoms with Gasteiger partial charge < -0.3 is 4.90 Å². The molecule has 0 spiro atoms. The minimum atomic E-state index is -0.0281. The number of benzene rings is 2. The molecule has 1 aliphatic heterocycles. The van der Waals surface area contributed by atoms with Crippen molar-refractivity contribution in [2.45, 2.75) is 24.5 Å². The summed E-state index contributed by atoms with van der Waals surface area (Å²) < 4.78 is 1.92. The summed E-state index contributed by atoms with van der Waals surface area (Å²) in [5.41, 5.74) is 2.25. The molecular weight excluding hydrogens is 432 g/mol. The van der Waals surface area contributed by atoms with E-state index < -0.39 is 0 Å². The highest BCUT2D eigenvalue weighted by Gasteiger charge is 2.22. The molecule has 1 saturated heterocycles. The Hall–Kier alpha value is -2.90. The number of hydrogen-bond acceptors (Lipinski definition) is 5. The lowest BCUT2D eigenvalue weighted by atomic mass is 10.1. The van der Waals surface area contributed by atoms with Crippen LogP contribution < -0.4 is 4.90 Å². The van der Waals surface area contributed by atoms with Gasteiger partial charge in [0.05, 0.1) is 5.75 Å². The van der Waals surface area contributed by atoms with Crippen molar-refractivity contribution in [2.75, 3.05) is 17.2 Å². The van der Waals surface area contributed by atoms with Gasteiger partial charge in [-0.15, -0.1) is 16.8 Å². The lowest BCUT2D eigenvalue weighted by molar-refractivity contribution is -0.117. The normalized spacial score (nSPS) is 13.6. The summed E-state index contributed by atoms with van der Waals surface area (Å²) in [7, 11) is 0. The van der Waals surface area contributed by atoms with E-state index in [9.17, 15) is 9.59 Å². The average molecular weight is 453 g/mol. The molecule has 2 aromatic carbocycles. The molecule has 0 saturated carbocycles. The number of nitrogens with zero attached hydrogens (tertiary/aromatic N) is 4. The number of aromatic nitrogens is 3. The quantitative estimate of drug-likeness (QED) is 0.276. The molecule has 158 valence electrons. The van der Waals surface area contributed by atoms with E-state index in [4.69, 9.17) is 11.6 Å². The van der Waals surface area contributed by atoms with Crippen molar-refractivity contribution in [3.05, 3.63) is 71.8 Å². The van der Waals surface area contributed by atoms with E-state index in [0.29, 0.717) is 41.1 Å². The van der Waals surface area contributed by atoms with Crippen molar-refractivity contribution in [1.29, 1.82) is 0 Å². The Morgan fingerprint density at radius 3 is 2.71 bits per heavy atom. The second-order valence-corrected chi connectivity index (χ2v) is 8.50. The fourth-order valence-electron chi connectivity index (χ4n) is 3.48. The third kappa shape index (κ3) is 4.73. The molecule has 0 atom stereocenters. The van der Waals surface area contributed by atoms with Crippen LogP contribution in [0.25, 0.3) is 11.4 Å². The molecule has 31 heavy (non-hydrogen) atoms. The number of carbonyl (C=O) groups excluding carboxylic acids is 2. The zero-order valence-corrected chi connectivity index (χ0v) is 18.4. The van der Waals surface area contributed by atoms with Crippen molar-refractivity contribution in [2.24, 2.45) is 0 Å². The van der Waals surface area contributed by atoms with Gasteiger partial charge in [0.1, 0.15) is 0 Å². The van der Waals surface area contributed by atoms with Gasteiger partial charge in [0.25, 0.3) is 0 Å². The molecule has 4 rings (SSSR count). The van der Waals surface area contributed by atoms with Crippen LogP contribution in [0.5, 0.6) is 0 Å². The smallest absolute Gasteiger partial charge is 0.227 e. The molecule has 8 heteroatoms. The summed E-state index contributed by atoms with van der Waals surface area (Å²) in [5.74, 6) is 0.986. The maximum atomic E-state index is 12.8. The van der Waals surface area contributed by atoms with Gasteiger partial charge in [-0.25, -0.2) is 0 Å². The molecular formula is C23H21ClN4O2S. The van der Waals surface area contributed by atoms with Crippen LogP contribution in [0.15, 0.2) is 66.3 Å². The monoisotopic (exact) mass is 452 g/mol. The maximum absolute atomic E-state index is 12.8. The van der Waals surface area contributed by atoms with Crippen LogP contribution in [0.1, 0.15) is 23.2 Å². The first kappa shape index (κ1) is 21.3. The molecule has 1 amide bonds. The Morgan fingerprint density at radius 1 is 1.19 bits per heavy atom. The van der Waals surface area contributed by atoms with Gasteiger partial charge in [0.15, 0.2) is 16.8 Å². The van der Waals surface area contributed by atoms with E-state index in [1.807, 2.05) is 28.8 Å². The van der Waals surface area contributed by atoms with E-state index in [-0.39, 0.29) is 17.4 Å². The van der Waals surface area contributed by atoms with Crippen LogP contribution in [0, 0.1) is 0 Å². The van der Waals surface area contributed by atoms with Crippen LogP contribution in [0.3, 0.4) is 0 Å². The van der Waals surface area contributed by atoms with E-state index in [1.165, 1.54) is 11.8 Å². The zero-order chi connectivity index (χ0) is 21.8. The summed E-state index contributed by atoms with van der Waals surface area (Å²) >= 11 is 7.32. The highest BCUT2D eigenvalue weighted by Crippen LogP contribution is 2.27. The van der Waals surface area contributed by atoms with Gasteiger partial charge in [-0.3, -0.25) is 14.2 Å². The number of carbonyl (C=O) groups is 2. The number of allylic oxidation sites excluding steroid dienone is 1. The standard InChI is InChI=1S/C23H21ClN4O2S/c1-2-12-28-22(16-8-10-18(24)11-9-16)25-26-23(28)31-15-20(29)17-5-3-6-19(14-17)27-13-4-7-21(27)30/h2-3,5-6,8-11,14H,1,4,7,12-13,15H2. The number of hydrogen-bond donors (Lipinski definition) is 0. The molecule has 0 aliphatic carbocycles. The van der Waals surface area contributed by atoms with Gasteiger partial charge >= 0.3 is 0 Å². The summed E-state index contributed by atoms with van der Waals surface area (Å²) in [6.07, 6.45) is 3.18. The van der Waals surface area contributed by atoms with Crippen LogP contribution in [-0.4, -0.2) is 38.8 Å². The molecule has 6 nitrogen and oxygen atoms in total. The van der Waals surface area contributed by atoms with Crippen LogP contribution >= 0.6 is 23.4 Å². The lowest BCUT2D eigenvalue weighted by Crippen LogP contribution is -2.23. The fraction of sp³-hybridized carbons (Fsp3) is 0.217. The highest BCUT2D eigenvalue weighted by atomic mass is 35.5. The van der Waals surface area contributed by atoms with E-state index in [0.717, 1.165) is 17.7 Å². The van der Waals surface area contributed by atoms with E-state index in [2.05, 4.69) is 16.8 Å². The Bertz CT molecular complexity index is 1130. The first-order chi connectivity index (χ1) is 15.1. The topological polar surface area (TPSA) is 68.1 Å². The second kappa shape index (κ2) is 9.49. The Morgan fingerprint density at radius 2 is 2.00 bits per heavy atom. The van der Waals surface area contributed by atoms with Gasteiger partial charge in [-0.2, -0.15) is 0 Å². The van der Waals surface area contributed by atoms with Crippen molar-refractivity contribution >= 4 is 40.7 Å². The number of thioether (sulfide) groups is 1. The Kier molecular flexibility index (Phi) is 6.53. The molecule has 2 heterocycles. The summed E-state index contributed by atoms with van der Waals surface area (Å²) in [6.45, 7) is 5.04. The second-order valence-electron chi connectivity index (χ2n) is 7.12. The number of rotatable bonds is 8.